The number of hydrogen-bond donors (Lipinski definition) is 2. The molecule has 1 aromatic heterocycles. The van der Waals surface area contributed by atoms with Gasteiger partial charge in [-0.05, 0) is 44.5 Å². The molecule has 0 saturated heterocycles. The van der Waals surface area contributed by atoms with Gasteiger partial charge in [-0.1, -0.05) is 30.3 Å². The number of aromatic nitrogens is 2. The van der Waals surface area contributed by atoms with Crippen LogP contribution in [-0.2, 0) is 4.79 Å². The Balaban J connectivity index is 2.14. The van der Waals surface area contributed by atoms with Gasteiger partial charge < -0.3 is 10.4 Å². The standard InChI is InChI=1S/C17H18ClN3O3S/c1-4-14(25-17-19-9(2)7-10(3)20-17)15(22)21-11-5-6-13(18)12(8-11)16(23)24/h5-8,14H,4H2,1-3H3,(H,21,22)(H,23,24). The van der Waals surface area contributed by atoms with Crippen molar-refractivity contribution in [2.75, 3.05) is 5.32 Å². The number of nitrogens with one attached hydrogen (secondary N) is 1. The monoisotopic (exact) mass is 379 g/mol. The number of carbonyl (C=O) groups excluding carboxylic acids is 1. The van der Waals surface area contributed by atoms with E-state index >= 15 is 0 Å². The van der Waals surface area contributed by atoms with Crippen LogP contribution >= 0.6 is 23.4 Å². The lowest BCUT2D eigenvalue weighted by Crippen LogP contribution is -2.25. The summed E-state index contributed by atoms with van der Waals surface area (Å²) in [6.45, 7) is 5.65. The molecule has 25 heavy (non-hydrogen) atoms. The first-order valence-corrected chi connectivity index (χ1v) is 8.88. The van der Waals surface area contributed by atoms with Crippen LogP contribution in [0.3, 0.4) is 0 Å². The quantitative estimate of drug-likeness (QED) is 0.583. The lowest BCUT2D eigenvalue weighted by molar-refractivity contribution is -0.115. The molecule has 1 aromatic carbocycles. The van der Waals surface area contributed by atoms with Crippen molar-refractivity contribution in [3.05, 3.63) is 46.2 Å². The van der Waals surface area contributed by atoms with Gasteiger partial charge in [0.2, 0.25) is 5.91 Å². The van der Waals surface area contributed by atoms with Crippen LogP contribution in [0.15, 0.2) is 29.4 Å². The number of thioether (sulfide) groups is 1. The van der Waals surface area contributed by atoms with Gasteiger partial charge in [-0.2, -0.15) is 0 Å². The van der Waals surface area contributed by atoms with E-state index in [1.807, 2.05) is 26.8 Å². The predicted octanol–water partition coefficient (Wildman–Crippen LogP) is 3.95. The lowest BCUT2D eigenvalue weighted by atomic mass is 10.2. The van der Waals surface area contributed by atoms with Gasteiger partial charge >= 0.3 is 5.97 Å². The number of halogens is 1. The molecule has 0 bridgehead atoms. The smallest absolute Gasteiger partial charge is 0.337 e. The number of anilines is 1. The summed E-state index contributed by atoms with van der Waals surface area (Å²) in [7, 11) is 0. The number of hydrogen-bond acceptors (Lipinski definition) is 5. The molecule has 0 aliphatic carbocycles. The van der Waals surface area contributed by atoms with E-state index < -0.39 is 11.2 Å². The van der Waals surface area contributed by atoms with Crippen LogP contribution < -0.4 is 5.32 Å². The van der Waals surface area contributed by atoms with Crippen molar-refractivity contribution in [2.45, 2.75) is 37.6 Å². The molecule has 8 heteroatoms. The first kappa shape index (κ1) is 19.2. The van der Waals surface area contributed by atoms with Crippen molar-refractivity contribution in [3.63, 3.8) is 0 Å². The molecule has 1 heterocycles. The summed E-state index contributed by atoms with van der Waals surface area (Å²) < 4.78 is 0. The van der Waals surface area contributed by atoms with E-state index in [0.717, 1.165) is 11.4 Å². The second-order valence-electron chi connectivity index (χ2n) is 5.44. The third-order valence-corrected chi connectivity index (χ3v) is 4.89. The molecule has 6 nitrogen and oxygen atoms in total. The Morgan fingerprint density at radius 1 is 1.24 bits per heavy atom. The average Bonchev–Trinajstić information content (AvgIpc) is 2.53. The maximum atomic E-state index is 12.5. The SMILES string of the molecule is CCC(Sc1nc(C)cc(C)n1)C(=O)Nc1ccc(Cl)c(C(=O)O)c1. The van der Waals surface area contributed by atoms with Crippen molar-refractivity contribution in [3.8, 4) is 0 Å². The number of carboxylic acid groups (broad SMARTS) is 1. The maximum absolute atomic E-state index is 12.5. The van der Waals surface area contributed by atoms with E-state index in [-0.39, 0.29) is 16.5 Å². The molecule has 1 unspecified atom stereocenters. The minimum Gasteiger partial charge on any atom is -0.478 e. The summed E-state index contributed by atoms with van der Waals surface area (Å²) in [6.07, 6.45) is 0.576. The molecule has 0 spiro atoms. The van der Waals surface area contributed by atoms with Crippen LogP contribution in [0.4, 0.5) is 5.69 Å². The number of carbonyl (C=O) groups is 2. The van der Waals surface area contributed by atoms with E-state index in [2.05, 4.69) is 15.3 Å². The zero-order valence-corrected chi connectivity index (χ0v) is 15.6. The van der Waals surface area contributed by atoms with Crippen LogP contribution in [0.1, 0.15) is 35.1 Å². The normalized spacial score (nSPS) is 11.8. The highest BCUT2D eigenvalue weighted by molar-refractivity contribution is 8.00. The molecule has 2 aromatic rings. The second kappa shape index (κ2) is 8.31. The summed E-state index contributed by atoms with van der Waals surface area (Å²) in [6, 6.07) is 6.22. The van der Waals surface area contributed by atoms with Crippen molar-refractivity contribution in [2.24, 2.45) is 0 Å². The number of amides is 1. The van der Waals surface area contributed by atoms with Gasteiger partial charge in [0.05, 0.1) is 15.8 Å². The van der Waals surface area contributed by atoms with Crippen molar-refractivity contribution < 1.29 is 14.7 Å². The molecule has 132 valence electrons. The van der Waals surface area contributed by atoms with Gasteiger partial charge in [0.15, 0.2) is 5.16 Å². The zero-order valence-electron chi connectivity index (χ0n) is 14.0. The van der Waals surface area contributed by atoms with Crippen molar-refractivity contribution in [1.29, 1.82) is 0 Å². The number of benzene rings is 1. The Hall–Kier alpha value is -2.12. The molecule has 1 atom stereocenters. The number of rotatable bonds is 6. The molecule has 0 aliphatic rings. The van der Waals surface area contributed by atoms with Crippen LogP contribution in [-0.4, -0.2) is 32.2 Å². The second-order valence-corrected chi connectivity index (χ2v) is 7.01. The van der Waals surface area contributed by atoms with Gasteiger partial charge in [0.25, 0.3) is 0 Å². The molecule has 0 fully saturated rings. The minimum absolute atomic E-state index is 0.0576. The van der Waals surface area contributed by atoms with Crippen LogP contribution in [0.25, 0.3) is 0 Å². The summed E-state index contributed by atoms with van der Waals surface area (Å²) in [4.78, 5) is 32.3. The molecule has 1 amide bonds. The van der Waals surface area contributed by atoms with E-state index in [9.17, 15) is 9.59 Å². The molecule has 2 rings (SSSR count). The fourth-order valence-corrected chi connectivity index (χ4v) is 3.36. The lowest BCUT2D eigenvalue weighted by Gasteiger charge is -2.15. The van der Waals surface area contributed by atoms with Crippen LogP contribution in [0.5, 0.6) is 0 Å². The summed E-state index contributed by atoms with van der Waals surface area (Å²) in [5.74, 6) is -1.39. The molecule has 0 radical (unpaired) electrons. The molecule has 0 saturated carbocycles. The fraction of sp³-hybridized carbons (Fsp3) is 0.294. The third kappa shape index (κ3) is 5.17. The Morgan fingerprint density at radius 2 is 1.88 bits per heavy atom. The number of nitrogens with zero attached hydrogens (tertiary/aromatic N) is 2. The topological polar surface area (TPSA) is 92.2 Å². The Morgan fingerprint density at radius 3 is 2.44 bits per heavy atom. The fourth-order valence-electron chi connectivity index (χ4n) is 2.19. The van der Waals surface area contributed by atoms with Gasteiger partial charge in [-0.15, -0.1) is 0 Å². The van der Waals surface area contributed by atoms with Gasteiger partial charge in [-0.25, -0.2) is 14.8 Å². The van der Waals surface area contributed by atoms with Gasteiger partial charge in [-0.3, -0.25) is 4.79 Å². The van der Waals surface area contributed by atoms with E-state index in [1.54, 1.807) is 6.07 Å². The van der Waals surface area contributed by atoms with E-state index in [0.29, 0.717) is 17.3 Å². The highest BCUT2D eigenvalue weighted by Gasteiger charge is 2.20. The highest BCUT2D eigenvalue weighted by atomic mass is 35.5. The van der Waals surface area contributed by atoms with Crippen molar-refractivity contribution >= 4 is 40.9 Å². The predicted molar refractivity (Wildman–Crippen MR) is 98.5 cm³/mol. The number of aryl methyl sites for hydroxylation is 2. The van der Waals surface area contributed by atoms with Crippen molar-refractivity contribution in [1.82, 2.24) is 9.97 Å². The molecule has 0 aliphatic heterocycles. The Labute approximate surface area is 155 Å². The minimum atomic E-state index is -1.15. The Kier molecular flexibility index (Phi) is 6.39. The highest BCUT2D eigenvalue weighted by Crippen LogP contribution is 2.25. The van der Waals surface area contributed by atoms with Gasteiger partial charge in [0.1, 0.15) is 0 Å². The first-order valence-electron chi connectivity index (χ1n) is 7.62. The van der Waals surface area contributed by atoms with Crippen LogP contribution in [0, 0.1) is 13.8 Å². The zero-order chi connectivity index (χ0) is 18.6. The van der Waals surface area contributed by atoms with Gasteiger partial charge in [0, 0.05) is 17.1 Å². The first-order chi connectivity index (χ1) is 11.8. The third-order valence-electron chi connectivity index (χ3n) is 3.34. The van der Waals surface area contributed by atoms with E-state index in [4.69, 9.17) is 16.7 Å². The van der Waals surface area contributed by atoms with E-state index in [1.165, 1.54) is 23.9 Å². The Bertz CT molecular complexity index is 793. The molecular formula is C17H18ClN3O3S. The molecule has 2 N–H and O–H groups in total. The summed E-state index contributed by atoms with van der Waals surface area (Å²) in [5.41, 5.74) is 2.01. The average molecular weight is 380 g/mol. The largest absolute Gasteiger partial charge is 0.478 e. The number of carboxylic acids is 1. The number of aromatic carboxylic acids is 1. The summed E-state index contributed by atoms with van der Waals surface area (Å²) >= 11 is 7.12. The summed E-state index contributed by atoms with van der Waals surface area (Å²) in [5, 5.41) is 12.1. The molecular weight excluding hydrogens is 362 g/mol. The maximum Gasteiger partial charge on any atom is 0.337 e. The van der Waals surface area contributed by atoms with Crippen LogP contribution in [0.2, 0.25) is 5.02 Å².